The average molecular weight is 463 g/mol. The Kier molecular flexibility index (Phi) is 5.51. The van der Waals surface area contributed by atoms with Crippen molar-refractivity contribution >= 4 is 28.2 Å². The van der Waals surface area contributed by atoms with Crippen molar-refractivity contribution in [1.82, 2.24) is 15.0 Å². The van der Waals surface area contributed by atoms with E-state index in [9.17, 15) is 10.4 Å². The summed E-state index contributed by atoms with van der Waals surface area (Å²) in [5.74, 6) is 2.81. The second-order valence-corrected chi connectivity index (χ2v) is 9.35. The van der Waals surface area contributed by atoms with Gasteiger partial charge in [-0.15, -0.1) is 0 Å². The molecule has 0 amide bonds. The van der Waals surface area contributed by atoms with Crippen molar-refractivity contribution in [1.29, 1.82) is 5.26 Å². The molecule has 0 bridgehead atoms. The normalized spacial score (nSPS) is 17.5. The van der Waals surface area contributed by atoms with Gasteiger partial charge in [0.1, 0.15) is 17.5 Å². The molecule has 1 aliphatic carbocycles. The van der Waals surface area contributed by atoms with E-state index in [0.717, 1.165) is 53.1 Å². The summed E-state index contributed by atoms with van der Waals surface area (Å²) in [6, 6.07) is 18.4. The summed E-state index contributed by atoms with van der Waals surface area (Å²) in [6.45, 7) is 1.04. The van der Waals surface area contributed by atoms with Crippen molar-refractivity contribution in [2.45, 2.75) is 37.6 Å². The van der Waals surface area contributed by atoms with E-state index in [4.69, 9.17) is 9.97 Å². The molecule has 0 radical (unpaired) electrons. The largest absolute Gasteiger partial charge is 0.394 e. The fourth-order valence-corrected chi connectivity index (χ4v) is 4.96. The van der Waals surface area contributed by atoms with E-state index in [0.29, 0.717) is 17.3 Å². The molecule has 2 fully saturated rings. The molecule has 6 rings (SSSR count). The Balaban J connectivity index is 1.42. The van der Waals surface area contributed by atoms with E-state index in [1.54, 1.807) is 18.3 Å². The summed E-state index contributed by atoms with van der Waals surface area (Å²) in [4.78, 5) is 16.2. The average Bonchev–Trinajstić information content (AvgIpc) is 3.65. The van der Waals surface area contributed by atoms with E-state index in [1.165, 1.54) is 18.4 Å². The minimum atomic E-state index is 0.112. The van der Waals surface area contributed by atoms with E-state index in [-0.39, 0.29) is 12.6 Å². The van der Waals surface area contributed by atoms with Gasteiger partial charge in [0, 0.05) is 29.9 Å². The number of aromatic nitrogens is 3. The molecule has 1 atom stereocenters. The highest BCUT2D eigenvalue weighted by atomic mass is 16.3. The first-order valence-electron chi connectivity index (χ1n) is 12.1. The first kappa shape index (κ1) is 21.5. The number of anilines is 3. The van der Waals surface area contributed by atoms with Gasteiger partial charge < -0.3 is 15.3 Å². The van der Waals surface area contributed by atoms with Crippen molar-refractivity contribution in [3.63, 3.8) is 0 Å². The number of hydrogen-bond acceptors (Lipinski definition) is 7. The van der Waals surface area contributed by atoms with Gasteiger partial charge in [0.15, 0.2) is 0 Å². The molecule has 2 N–H and O–H groups in total. The maximum atomic E-state index is 9.87. The van der Waals surface area contributed by atoms with Crippen LogP contribution in [0.2, 0.25) is 0 Å². The summed E-state index contributed by atoms with van der Waals surface area (Å²) in [7, 11) is 0. The lowest BCUT2D eigenvalue weighted by atomic mass is 10.0. The maximum absolute atomic E-state index is 9.87. The molecular formula is C28H26N6O. The fourth-order valence-electron chi connectivity index (χ4n) is 4.96. The van der Waals surface area contributed by atoms with Gasteiger partial charge in [-0.05, 0) is 78.9 Å². The topological polar surface area (TPSA) is 98.0 Å². The van der Waals surface area contributed by atoms with Crippen LogP contribution in [0.1, 0.15) is 42.7 Å². The minimum Gasteiger partial charge on any atom is -0.394 e. The molecule has 4 aromatic rings. The third-order valence-corrected chi connectivity index (χ3v) is 6.94. The number of fused-ring (bicyclic) bond motifs is 1. The Labute approximate surface area is 204 Å². The Morgan fingerprint density at radius 1 is 1.00 bits per heavy atom. The molecule has 1 aliphatic heterocycles. The molecule has 7 heteroatoms. The summed E-state index contributed by atoms with van der Waals surface area (Å²) in [5.41, 5.74) is 3.74. The van der Waals surface area contributed by atoms with Crippen LogP contribution in [0, 0.1) is 11.3 Å². The van der Waals surface area contributed by atoms with Crippen LogP contribution in [0.5, 0.6) is 0 Å². The van der Waals surface area contributed by atoms with Crippen LogP contribution < -0.4 is 10.2 Å². The quantitative estimate of drug-likeness (QED) is 0.409. The zero-order valence-corrected chi connectivity index (χ0v) is 19.4. The van der Waals surface area contributed by atoms with Gasteiger partial charge in [-0.25, -0.2) is 15.0 Å². The molecule has 1 saturated carbocycles. The predicted molar refractivity (Wildman–Crippen MR) is 137 cm³/mol. The summed E-state index contributed by atoms with van der Waals surface area (Å²) in [6.07, 6.45) is 7.89. The van der Waals surface area contributed by atoms with Gasteiger partial charge in [0.2, 0.25) is 0 Å². The summed E-state index contributed by atoms with van der Waals surface area (Å²) >= 11 is 0. The molecule has 1 saturated heterocycles. The third-order valence-electron chi connectivity index (χ3n) is 6.94. The van der Waals surface area contributed by atoms with E-state index >= 15 is 0 Å². The number of nitriles is 1. The number of aliphatic hydroxyl groups excluding tert-OH is 1. The van der Waals surface area contributed by atoms with Gasteiger partial charge in [-0.3, -0.25) is 0 Å². The van der Waals surface area contributed by atoms with Gasteiger partial charge in [0.05, 0.1) is 30.0 Å². The molecule has 1 aromatic carbocycles. The fraction of sp³-hybridized carbons (Fsp3) is 0.286. The first-order chi connectivity index (χ1) is 17.2. The van der Waals surface area contributed by atoms with Crippen LogP contribution in [-0.4, -0.2) is 39.3 Å². The Hall–Kier alpha value is -4.02. The number of nitrogens with one attached hydrogen (secondary N) is 1. The van der Waals surface area contributed by atoms with Crippen molar-refractivity contribution in [2.24, 2.45) is 0 Å². The molecule has 7 nitrogen and oxygen atoms in total. The van der Waals surface area contributed by atoms with Crippen LogP contribution in [-0.2, 0) is 0 Å². The van der Waals surface area contributed by atoms with E-state index < -0.39 is 0 Å². The molecule has 0 spiro atoms. The number of pyridine rings is 3. The third kappa shape index (κ3) is 4.29. The van der Waals surface area contributed by atoms with Crippen LogP contribution in [0.25, 0.3) is 22.0 Å². The highest BCUT2D eigenvalue weighted by molar-refractivity contribution is 5.95. The zero-order chi connectivity index (χ0) is 23.8. The smallest absolute Gasteiger partial charge is 0.136 e. The molecule has 174 valence electrons. The number of nitrogens with zero attached hydrogens (tertiary/aromatic N) is 5. The van der Waals surface area contributed by atoms with Gasteiger partial charge >= 0.3 is 0 Å². The second-order valence-electron chi connectivity index (χ2n) is 9.35. The standard InChI is InChI=1S/C28H26N6O/c29-16-18-7-9-30-26(12-18)33-27-15-22(19-3-4-19)14-25(32-27)21-6-5-20-8-10-31-28(24(20)13-21)34-11-1-2-23(34)17-35/h5-10,12-15,19,23,35H,1-4,11,17H2,(H,30,32,33). The van der Waals surface area contributed by atoms with Crippen molar-refractivity contribution in [2.75, 3.05) is 23.4 Å². The van der Waals surface area contributed by atoms with Crippen LogP contribution in [0.15, 0.2) is 60.9 Å². The molecule has 2 aliphatic rings. The number of rotatable bonds is 6. The monoisotopic (exact) mass is 462 g/mol. The maximum Gasteiger partial charge on any atom is 0.136 e. The lowest BCUT2D eigenvalue weighted by Gasteiger charge is -2.25. The van der Waals surface area contributed by atoms with E-state index in [2.05, 4.69) is 51.6 Å². The highest BCUT2D eigenvalue weighted by Crippen LogP contribution is 2.42. The van der Waals surface area contributed by atoms with E-state index in [1.807, 2.05) is 12.3 Å². The number of aliphatic hydroxyl groups is 1. The molecule has 3 aromatic heterocycles. The Morgan fingerprint density at radius 3 is 2.71 bits per heavy atom. The second kappa shape index (κ2) is 8.97. The van der Waals surface area contributed by atoms with Gasteiger partial charge in [-0.2, -0.15) is 5.26 Å². The minimum absolute atomic E-state index is 0.112. The van der Waals surface area contributed by atoms with Crippen LogP contribution in [0.3, 0.4) is 0 Å². The zero-order valence-electron chi connectivity index (χ0n) is 19.4. The van der Waals surface area contributed by atoms with Gasteiger partial charge in [0.25, 0.3) is 0 Å². The SMILES string of the molecule is N#Cc1ccnc(Nc2cc(C3CC3)cc(-c3ccc4ccnc(N5CCCC5CO)c4c3)n2)c1. The van der Waals surface area contributed by atoms with Crippen molar-refractivity contribution < 1.29 is 5.11 Å². The number of hydrogen-bond donors (Lipinski definition) is 2. The lowest BCUT2D eigenvalue weighted by Crippen LogP contribution is -2.32. The lowest BCUT2D eigenvalue weighted by molar-refractivity contribution is 0.266. The molecule has 4 heterocycles. The molecule has 35 heavy (non-hydrogen) atoms. The van der Waals surface area contributed by atoms with Crippen LogP contribution in [0.4, 0.5) is 17.5 Å². The Morgan fingerprint density at radius 2 is 1.89 bits per heavy atom. The molecular weight excluding hydrogens is 436 g/mol. The number of benzene rings is 1. The molecule has 1 unspecified atom stereocenters. The summed E-state index contributed by atoms with van der Waals surface area (Å²) < 4.78 is 0. The van der Waals surface area contributed by atoms with Crippen LogP contribution >= 0.6 is 0 Å². The predicted octanol–water partition coefficient (Wildman–Crippen LogP) is 5.15. The highest BCUT2D eigenvalue weighted by Gasteiger charge is 2.27. The van der Waals surface area contributed by atoms with Crippen molar-refractivity contribution in [3.8, 4) is 17.3 Å². The van der Waals surface area contributed by atoms with Gasteiger partial charge in [-0.1, -0.05) is 12.1 Å². The first-order valence-corrected chi connectivity index (χ1v) is 12.1. The Bertz CT molecular complexity index is 1440. The summed E-state index contributed by atoms with van der Waals surface area (Å²) in [5, 5.41) is 24.6. The van der Waals surface area contributed by atoms with Crippen molar-refractivity contribution in [3.05, 3.63) is 72.1 Å².